The number of thiophene rings is 1. The average molecular weight is 304 g/mol. The molecular weight excluding hydrogens is 280 g/mol. The Hall–Kier alpha value is -1.31. The molecule has 2 unspecified atom stereocenters. The Morgan fingerprint density at radius 3 is 3.00 bits per heavy atom. The highest BCUT2D eigenvalue weighted by Crippen LogP contribution is 2.24. The van der Waals surface area contributed by atoms with Crippen molar-refractivity contribution in [3.63, 3.8) is 0 Å². The van der Waals surface area contributed by atoms with E-state index in [1.165, 1.54) is 30.6 Å². The summed E-state index contributed by atoms with van der Waals surface area (Å²) in [4.78, 5) is 14.1. The lowest BCUT2D eigenvalue weighted by atomic mass is 10.0. The van der Waals surface area contributed by atoms with Gasteiger partial charge in [-0.05, 0) is 43.7 Å². The van der Waals surface area contributed by atoms with Gasteiger partial charge < -0.3 is 11.1 Å². The van der Waals surface area contributed by atoms with Gasteiger partial charge in [-0.25, -0.2) is 0 Å². The summed E-state index contributed by atoms with van der Waals surface area (Å²) in [5, 5.41) is 3.19. The monoisotopic (exact) mass is 304 g/mol. The van der Waals surface area contributed by atoms with Gasteiger partial charge in [-0.1, -0.05) is 31.6 Å². The van der Waals surface area contributed by atoms with Crippen molar-refractivity contribution in [2.24, 2.45) is 11.7 Å². The molecule has 3 N–H and O–H groups in total. The van der Waals surface area contributed by atoms with Crippen LogP contribution in [0.3, 0.4) is 0 Å². The third kappa shape index (κ3) is 4.59. The fraction of sp³-hybridized carbons (Fsp3) is 0.588. The Bertz CT molecular complexity index is 553. The summed E-state index contributed by atoms with van der Waals surface area (Å²) < 4.78 is 0. The van der Waals surface area contributed by atoms with E-state index in [0.717, 1.165) is 34.1 Å². The molecule has 21 heavy (non-hydrogen) atoms. The van der Waals surface area contributed by atoms with E-state index in [9.17, 15) is 4.79 Å². The van der Waals surface area contributed by atoms with Crippen molar-refractivity contribution in [1.82, 2.24) is 5.32 Å². The van der Waals surface area contributed by atoms with Gasteiger partial charge in [0.2, 0.25) is 0 Å². The van der Waals surface area contributed by atoms with Gasteiger partial charge in [0.1, 0.15) is 0 Å². The highest BCUT2D eigenvalue weighted by molar-refractivity contribution is 7.14. The van der Waals surface area contributed by atoms with Crippen molar-refractivity contribution in [2.75, 3.05) is 6.54 Å². The number of hydrogen-bond acceptors (Lipinski definition) is 3. The zero-order chi connectivity index (χ0) is 15.2. The van der Waals surface area contributed by atoms with E-state index < -0.39 is 0 Å². The third-order valence-corrected chi connectivity index (χ3v) is 5.19. The van der Waals surface area contributed by atoms with E-state index in [0.29, 0.717) is 12.6 Å². The molecule has 3 nitrogen and oxygen atoms in total. The first kappa shape index (κ1) is 16.1. The van der Waals surface area contributed by atoms with Crippen LogP contribution in [0.15, 0.2) is 6.07 Å². The number of rotatable bonds is 2. The topological polar surface area (TPSA) is 55.1 Å². The van der Waals surface area contributed by atoms with Gasteiger partial charge in [0.05, 0.1) is 16.3 Å². The van der Waals surface area contributed by atoms with Crippen LogP contribution in [0.25, 0.3) is 0 Å². The molecule has 0 radical (unpaired) electrons. The molecule has 0 aromatic carbocycles. The maximum absolute atomic E-state index is 12.4. The molecule has 0 saturated heterocycles. The summed E-state index contributed by atoms with van der Waals surface area (Å²) in [5.74, 6) is 6.71. The van der Waals surface area contributed by atoms with Crippen LogP contribution in [-0.4, -0.2) is 18.5 Å². The first-order valence-electron chi connectivity index (χ1n) is 7.70. The van der Waals surface area contributed by atoms with Gasteiger partial charge in [0.25, 0.3) is 5.91 Å². The second-order valence-electron chi connectivity index (χ2n) is 5.91. The summed E-state index contributed by atoms with van der Waals surface area (Å²) in [6.07, 6.45) is 5.89. The number of hydrogen-bond donors (Lipinski definition) is 2. The second-order valence-corrected chi connectivity index (χ2v) is 6.96. The van der Waals surface area contributed by atoms with Crippen LogP contribution in [0, 0.1) is 24.7 Å². The lowest BCUT2D eigenvalue weighted by molar-refractivity contribution is 0.0937. The van der Waals surface area contributed by atoms with Gasteiger partial charge in [-0.15, -0.1) is 11.3 Å². The Kier molecular flexibility index (Phi) is 5.84. The molecule has 114 valence electrons. The molecule has 0 bridgehead atoms. The minimum absolute atomic E-state index is 0.0449. The van der Waals surface area contributed by atoms with Crippen LogP contribution in [0.5, 0.6) is 0 Å². The number of nitrogens with one attached hydrogen (secondary N) is 1. The number of carbonyl (C=O) groups is 1. The highest BCUT2D eigenvalue weighted by atomic mass is 32.1. The van der Waals surface area contributed by atoms with Crippen LogP contribution < -0.4 is 11.1 Å². The quantitative estimate of drug-likeness (QED) is 0.652. The number of carbonyl (C=O) groups excluding carboxylic acids is 1. The second kappa shape index (κ2) is 7.63. The van der Waals surface area contributed by atoms with Gasteiger partial charge in [0.15, 0.2) is 0 Å². The molecule has 1 aliphatic rings. The normalized spacial score (nSPS) is 22.0. The summed E-state index contributed by atoms with van der Waals surface area (Å²) in [6.45, 7) is 4.63. The van der Waals surface area contributed by atoms with Gasteiger partial charge in [-0.2, -0.15) is 0 Å². The molecule has 4 heteroatoms. The molecule has 2 rings (SSSR count). The minimum atomic E-state index is 0.0449. The standard InChI is InChI=1S/C17H24N2OS/c1-12-5-3-6-14(9-8-12)19-17(20)16-11-13(2)15(21-16)7-4-10-18/h11-12,14H,3,5-6,8-10,18H2,1-2H3,(H,19,20). The van der Waals surface area contributed by atoms with E-state index >= 15 is 0 Å². The third-order valence-electron chi connectivity index (χ3n) is 4.04. The van der Waals surface area contributed by atoms with Crippen LogP contribution >= 0.6 is 11.3 Å². The Morgan fingerprint density at radius 2 is 2.24 bits per heavy atom. The summed E-state index contributed by atoms with van der Waals surface area (Å²) in [7, 11) is 0. The van der Waals surface area contributed by atoms with E-state index in [4.69, 9.17) is 5.73 Å². The van der Waals surface area contributed by atoms with Crippen molar-refractivity contribution >= 4 is 17.2 Å². The minimum Gasteiger partial charge on any atom is -0.349 e. The zero-order valence-corrected chi connectivity index (χ0v) is 13.7. The molecule has 0 aliphatic heterocycles. The number of nitrogens with two attached hydrogens (primary N) is 1. The van der Waals surface area contributed by atoms with Gasteiger partial charge in [0, 0.05) is 6.04 Å². The Morgan fingerprint density at radius 1 is 1.43 bits per heavy atom. The molecule has 1 fully saturated rings. The zero-order valence-electron chi connectivity index (χ0n) is 12.9. The maximum Gasteiger partial charge on any atom is 0.261 e. The lowest BCUT2D eigenvalue weighted by Gasteiger charge is -2.15. The van der Waals surface area contributed by atoms with Crippen LogP contribution in [0.4, 0.5) is 0 Å². The molecule has 0 spiro atoms. The van der Waals surface area contributed by atoms with E-state index in [-0.39, 0.29) is 5.91 Å². The molecule has 1 aromatic heterocycles. The number of amides is 1. The molecular formula is C17H24N2OS. The maximum atomic E-state index is 12.4. The fourth-order valence-corrected chi connectivity index (χ4v) is 3.69. The van der Waals surface area contributed by atoms with Crippen molar-refractivity contribution in [2.45, 2.75) is 52.0 Å². The molecule has 1 aromatic rings. The van der Waals surface area contributed by atoms with Crippen molar-refractivity contribution < 1.29 is 4.79 Å². The predicted octanol–water partition coefficient (Wildman–Crippen LogP) is 3.07. The average Bonchev–Trinajstić information content (AvgIpc) is 2.71. The smallest absolute Gasteiger partial charge is 0.261 e. The molecule has 1 heterocycles. The predicted molar refractivity (Wildman–Crippen MR) is 88.5 cm³/mol. The highest BCUT2D eigenvalue weighted by Gasteiger charge is 2.19. The van der Waals surface area contributed by atoms with E-state index in [1.807, 2.05) is 13.0 Å². The van der Waals surface area contributed by atoms with Gasteiger partial charge in [-0.3, -0.25) is 4.79 Å². The summed E-state index contributed by atoms with van der Waals surface area (Å²) >= 11 is 1.46. The largest absolute Gasteiger partial charge is 0.349 e. The summed E-state index contributed by atoms with van der Waals surface area (Å²) in [6, 6.07) is 2.25. The van der Waals surface area contributed by atoms with Crippen molar-refractivity contribution in [1.29, 1.82) is 0 Å². The van der Waals surface area contributed by atoms with Crippen LogP contribution in [0.1, 0.15) is 59.1 Å². The van der Waals surface area contributed by atoms with Crippen molar-refractivity contribution in [3.8, 4) is 11.8 Å². The molecule has 1 saturated carbocycles. The Labute approximate surface area is 131 Å². The summed E-state index contributed by atoms with van der Waals surface area (Å²) in [5.41, 5.74) is 6.45. The van der Waals surface area contributed by atoms with Crippen LogP contribution in [-0.2, 0) is 0 Å². The van der Waals surface area contributed by atoms with E-state index in [1.54, 1.807) is 0 Å². The Balaban J connectivity index is 2.00. The molecule has 1 aliphatic carbocycles. The molecule has 1 amide bonds. The fourth-order valence-electron chi connectivity index (χ4n) is 2.74. The first-order chi connectivity index (χ1) is 10.1. The molecule has 2 atom stereocenters. The number of aryl methyl sites for hydroxylation is 1. The van der Waals surface area contributed by atoms with E-state index in [2.05, 4.69) is 24.1 Å². The first-order valence-corrected chi connectivity index (χ1v) is 8.52. The SMILES string of the molecule is Cc1cc(C(=O)NC2CCCC(C)CC2)sc1C#CCN. The lowest BCUT2D eigenvalue weighted by Crippen LogP contribution is -2.33. The van der Waals surface area contributed by atoms with Crippen molar-refractivity contribution in [3.05, 3.63) is 21.4 Å². The van der Waals surface area contributed by atoms with Gasteiger partial charge >= 0.3 is 0 Å². The van der Waals surface area contributed by atoms with Crippen LogP contribution in [0.2, 0.25) is 0 Å².